The summed E-state index contributed by atoms with van der Waals surface area (Å²) in [7, 11) is 0. The van der Waals surface area contributed by atoms with Crippen LogP contribution in [0.5, 0.6) is 0 Å². The smallest absolute Gasteiger partial charge is 0.271 e. The lowest BCUT2D eigenvalue weighted by atomic mass is 10.1. The Morgan fingerprint density at radius 2 is 1.70 bits per heavy atom. The van der Waals surface area contributed by atoms with Crippen molar-refractivity contribution in [3.8, 4) is 0 Å². The number of amides is 2. The molecule has 1 heterocycles. The molecular formula is C21H30N4O2. The SMILES string of the molecule is CCCCN(CCCC)CC(=O)NNC(=O)c1cc2ccccc2nc1C. The van der Waals surface area contributed by atoms with Crippen molar-refractivity contribution in [2.45, 2.75) is 46.5 Å². The molecule has 2 aromatic rings. The van der Waals surface area contributed by atoms with Crippen LogP contribution in [0.15, 0.2) is 30.3 Å². The Morgan fingerprint density at radius 1 is 1.04 bits per heavy atom. The second kappa shape index (κ2) is 10.6. The highest BCUT2D eigenvalue weighted by molar-refractivity contribution is 5.99. The Labute approximate surface area is 161 Å². The maximum atomic E-state index is 12.5. The van der Waals surface area contributed by atoms with E-state index in [9.17, 15) is 9.59 Å². The van der Waals surface area contributed by atoms with E-state index in [0.717, 1.165) is 49.7 Å². The maximum absolute atomic E-state index is 12.5. The molecule has 0 aliphatic heterocycles. The molecule has 2 amide bonds. The van der Waals surface area contributed by atoms with Crippen LogP contribution in [0.25, 0.3) is 10.9 Å². The van der Waals surface area contributed by atoms with Gasteiger partial charge >= 0.3 is 0 Å². The molecule has 0 saturated heterocycles. The molecule has 1 aromatic carbocycles. The van der Waals surface area contributed by atoms with Gasteiger partial charge in [-0.1, -0.05) is 44.9 Å². The molecule has 0 aliphatic carbocycles. The van der Waals surface area contributed by atoms with Gasteiger partial charge in [-0.3, -0.25) is 30.3 Å². The van der Waals surface area contributed by atoms with Gasteiger partial charge in [0.05, 0.1) is 23.3 Å². The summed E-state index contributed by atoms with van der Waals surface area (Å²) in [6.45, 7) is 8.14. The lowest BCUT2D eigenvalue weighted by Crippen LogP contribution is -2.47. The van der Waals surface area contributed by atoms with Gasteiger partial charge in [-0.05, 0) is 45.0 Å². The molecule has 0 fully saturated rings. The molecule has 6 nitrogen and oxygen atoms in total. The normalized spacial score (nSPS) is 11.0. The summed E-state index contributed by atoms with van der Waals surface area (Å²) in [5.74, 6) is -0.560. The minimum absolute atomic E-state index is 0.207. The monoisotopic (exact) mass is 370 g/mol. The predicted octanol–water partition coefficient (Wildman–Crippen LogP) is 3.21. The van der Waals surface area contributed by atoms with Gasteiger partial charge in [-0.15, -0.1) is 0 Å². The Balaban J connectivity index is 1.93. The number of benzene rings is 1. The van der Waals surface area contributed by atoms with Crippen molar-refractivity contribution in [1.29, 1.82) is 0 Å². The number of rotatable bonds is 9. The standard InChI is InChI=1S/C21H30N4O2/c1-4-6-12-25(13-7-5-2)15-20(26)23-24-21(27)18-14-17-10-8-9-11-19(17)22-16(18)3/h8-11,14H,4-7,12-13,15H2,1-3H3,(H,23,26)(H,24,27). The summed E-state index contributed by atoms with van der Waals surface area (Å²) in [6.07, 6.45) is 4.31. The quantitative estimate of drug-likeness (QED) is 0.665. The second-order valence-corrected chi connectivity index (χ2v) is 6.80. The highest BCUT2D eigenvalue weighted by Gasteiger charge is 2.14. The number of aryl methyl sites for hydroxylation is 1. The fourth-order valence-corrected chi connectivity index (χ4v) is 2.91. The van der Waals surface area contributed by atoms with Gasteiger partial charge in [-0.2, -0.15) is 0 Å². The van der Waals surface area contributed by atoms with Gasteiger partial charge in [0.2, 0.25) is 0 Å². The van der Waals surface area contributed by atoms with Crippen LogP contribution in [-0.2, 0) is 4.79 Å². The van der Waals surface area contributed by atoms with Crippen LogP contribution in [0.3, 0.4) is 0 Å². The van der Waals surface area contributed by atoms with Gasteiger partial charge in [0.15, 0.2) is 0 Å². The number of fused-ring (bicyclic) bond motifs is 1. The number of pyridine rings is 1. The fourth-order valence-electron chi connectivity index (χ4n) is 2.91. The van der Waals surface area contributed by atoms with E-state index >= 15 is 0 Å². The number of aromatic nitrogens is 1. The first kappa shape index (κ1) is 20.8. The third-order valence-corrected chi connectivity index (χ3v) is 4.50. The van der Waals surface area contributed by atoms with Crippen LogP contribution in [0.4, 0.5) is 0 Å². The molecule has 146 valence electrons. The van der Waals surface area contributed by atoms with E-state index in [2.05, 4.69) is 34.6 Å². The summed E-state index contributed by atoms with van der Waals surface area (Å²) >= 11 is 0. The van der Waals surface area contributed by atoms with Crippen LogP contribution >= 0.6 is 0 Å². The lowest BCUT2D eigenvalue weighted by molar-refractivity contribution is -0.123. The van der Waals surface area contributed by atoms with Crippen molar-refractivity contribution < 1.29 is 9.59 Å². The average molecular weight is 370 g/mol. The Morgan fingerprint density at radius 3 is 2.37 bits per heavy atom. The van der Waals surface area contributed by atoms with E-state index in [4.69, 9.17) is 0 Å². The number of unbranched alkanes of at least 4 members (excludes halogenated alkanes) is 2. The number of hydrogen-bond donors (Lipinski definition) is 2. The molecule has 0 unspecified atom stereocenters. The molecule has 1 aromatic heterocycles. The average Bonchev–Trinajstić information content (AvgIpc) is 2.67. The van der Waals surface area contributed by atoms with Crippen molar-refractivity contribution >= 4 is 22.7 Å². The van der Waals surface area contributed by atoms with Crippen LogP contribution in [0.1, 0.15) is 55.6 Å². The zero-order valence-corrected chi connectivity index (χ0v) is 16.5. The summed E-state index contributed by atoms with van der Waals surface area (Å²) in [6, 6.07) is 9.44. The number of nitrogens with zero attached hydrogens (tertiary/aromatic N) is 2. The summed E-state index contributed by atoms with van der Waals surface area (Å²) in [4.78, 5) is 31.3. The van der Waals surface area contributed by atoms with Crippen LogP contribution in [0.2, 0.25) is 0 Å². The van der Waals surface area contributed by atoms with E-state index in [-0.39, 0.29) is 18.4 Å². The van der Waals surface area contributed by atoms with E-state index in [1.165, 1.54) is 0 Å². The van der Waals surface area contributed by atoms with Crippen molar-refractivity contribution in [2.75, 3.05) is 19.6 Å². The molecular weight excluding hydrogens is 340 g/mol. The van der Waals surface area contributed by atoms with Crippen LogP contribution in [-0.4, -0.2) is 41.3 Å². The van der Waals surface area contributed by atoms with Gasteiger partial charge in [0.25, 0.3) is 11.8 Å². The van der Waals surface area contributed by atoms with Gasteiger partial charge < -0.3 is 0 Å². The number of para-hydroxylation sites is 1. The molecule has 0 saturated carbocycles. The topological polar surface area (TPSA) is 74.3 Å². The van der Waals surface area contributed by atoms with Crippen molar-refractivity contribution in [2.24, 2.45) is 0 Å². The van der Waals surface area contributed by atoms with E-state index in [0.29, 0.717) is 11.3 Å². The molecule has 0 atom stereocenters. The molecule has 2 N–H and O–H groups in total. The molecule has 0 bridgehead atoms. The maximum Gasteiger partial charge on any atom is 0.271 e. The highest BCUT2D eigenvalue weighted by Crippen LogP contribution is 2.16. The van der Waals surface area contributed by atoms with Gasteiger partial charge in [0, 0.05) is 5.39 Å². The number of hydrogen-bond acceptors (Lipinski definition) is 4. The van der Waals surface area contributed by atoms with Crippen molar-refractivity contribution in [3.63, 3.8) is 0 Å². The third-order valence-electron chi connectivity index (χ3n) is 4.50. The minimum Gasteiger partial charge on any atom is -0.294 e. The Bertz CT molecular complexity index is 768. The van der Waals surface area contributed by atoms with Crippen molar-refractivity contribution in [3.05, 3.63) is 41.6 Å². The molecule has 2 rings (SSSR count). The minimum atomic E-state index is -0.354. The van der Waals surface area contributed by atoms with Crippen molar-refractivity contribution in [1.82, 2.24) is 20.7 Å². The summed E-state index contributed by atoms with van der Waals surface area (Å²) in [5.41, 5.74) is 6.99. The largest absolute Gasteiger partial charge is 0.294 e. The number of nitrogens with one attached hydrogen (secondary N) is 2. The zero-order valence-electron chi connectivity index (χ0n) is 16.5. The highest BCUT2D eigenvalue weighted by atomic mass is 16.2. The predicted molar refractivity (Wildman–Crippen MR) is 108 cm³/mol. The Hall–Kier alpha value is -2.47. The number of carbonyl (C=O) groups excluding carboxylic acids is 2. The molecule has 0 radical (unpaired) electrons. The molecule has 0 spiro atoms. The second-order valence-electron chi connectivity index (χ2n) is 6.80. The first-order chi connectivity index (χ1) is 13.0. The summed E-state index contributed by atoms with van der Waals surface area (Å²) < 4.78 is 0. The van der Waals surface area contributed by atoms with Crippen LogP contribution < -0.4 is 10.9 Å². The Kier molecular flexibility index (Phi) is 8.20. The third kappa shape index (κ3) is 6.32. The first-order valence-electron chi connectivity index (χ1n) is 9.73. The summed E-state index contributed by atoms with van der Waals surface area (Å²) in [5, 5.41) is 0.893. The fraction of sp³-hybridized carbons (Fsp3) is 0.476. The first-order valence-corrected chi connectivity index (χ1v) is 9.73. The lowest BCUT2D eigenvalue weighted by Gasteiger charge is -2.21. The molecule has 6 heteroatoms. The number of hydrazine groups is 1. The van der Waals surface area contributed by atoms with Crippen LogP contribution in [0, 0.1) is 6.92 Å². The number of carbonyl (C=O) groups is 2. The van der Waals surface area contributed by atoms with E-state index in [1.807, 2.05) is 24.3 Å². The molecule has 27 heavy (non-hydrogen) atoms. The van der Waals surface area contributed by atoms with Gasteiger partial charge in [-0.25, -0.2) is 0 Å². The zero-order chi connectivity index (χ0) is 19.6. The van der Waals surface area contributed by atoms with E-state index < -0.39 is 0 Å². The van der Waals surface area contributed by atoms with Gasteiger partial charge in [0.1, 0.15) is 0 Å². The molecule has 0 aliphatic rings. The van der Waals surface area contributed by atoms with E-state index in [1.54, 1.807) is 13.0 Å².